The first kappa shape index (κ1) is 14.4. The summed E-state index contributed by atoms with van der Waals surface area (Å²) in [7, 11) is 0. The van der Waals surface area contributed by atoms with Crippen LogP contribution in [0.2, 0.25) is 0 Å². The van der Waals surface area contributed by atoms with Gasteiger partial charge >= 0.3 is 0 Å². The van der Waals surface area contributed by atoms with Gasteiger partial charge in [0.25, 0.3) is 0 Å². The normalized spacial score (nSPS) is 24.5. The van der Waals surface area contributed by atoms with Gasteiger partial charge in [-0.15, -0.1) is 0 Å². The molecule has 5 nitrogen and oxygen atoms in total. The number of halogens is 1. The highest BCUT2D eigenvalue weighted by molar-refractivity contribution is 5.30. The molecule has 1 aromatic heterocycles. The van der Waals surface area contributed by atoms with Crippen molar-refractivity contribution in [3.8, 4) is 5.75 Å². The van der Waals surface area contributed by atoms with Crippen molar-refractivity contribution in [1.82, 2.24) is 14.9 Å². The predicted molar refractivity (Wildman–Crippen MR) is 85.0 cm³/mol. The molecule has 2 fully saturated rings. The van der Waals surface area contributed by atoms with Crippen molar-refractivity contribution in [2.24, 2.45) is 0 Å². The average molecular weight is 314 g/mol. The maximum absolute atomic E-state index is 13.3. The van der Waals surface area contributed by atoms with Crippen LogP contribution in [0.3, 0.4) is 0 Å². The molecule has 3 heterocycles. The minimum atomic E-state index is -0.259. The van der Waals surface area contributed by atoms with Crippen LogP contribution in [0.1, 0.15) is 6.42 Å². The highest BCUT2D eigenvalue weighted by Gasteiger charge is 2.37. The van der Waals surface area contributed by atoms with Crippen LogP contribution in [0.5, 0.6) is 5.75 Å². The van der Waals surface area contributed by atoms with Gasteiger partial charge < -0.3 is 9.64 Å². The van der Waals surface area contributed by atoms with Gasteiger partial charge in [-0.1, -0.05) is 6.07 Å². The summed E-state index contributed by atoms with van der Waals surface area (Å²) >= 11 is 0. The van der Waals surface area contributed by atoms with Crippen LogP contribution in [-0.2, 0) is 0 Å². The molecule has 2 aromatic rings. The van der Waals surface area contributed by atoms with Gasteiger partial charge in [0, 0.05) is 57.1 Å². The third-order valence-corrected chi connectivity index (χ3v) is 4.51. The molecule has 2 aliphatic heterocycles. The van der Waals surface area contributed by atoms with Gasteiger partial charge in [0.1, 0.15) is 17.7 Å². The molecule has 0 radical (unpaired) electrons. The van der Waals surface area contributed by atoms with E-state index in [9.17, 15) is 4.39 Å². The second kappa shape index (κ2) is 6.12. The van der Waals surface area contributed by atoms with Gasteiger partial charge in [-0.2, -0.15) is 0 Å². The second-order valence-corrected chi connectivity index (χ2v) is 6.08. The number of rotatable bonds is 3. The molecule has 0 bridgehead atoms. The molecular weight excluding hydrogens is 295 g/mol. The average Bonchev–Trinajstić information content (AvgIpc) is 2.97. The van der Waals surface area contributed by atoms with Crippen molar-refractivity contribution >= 4 is 5.95 Å². The lowest BCUT2D eigenvalue weighted by Crippen LogP contribution is -2.50. The Bertz CT molecular complexity index is 669. The molecule has 0 unspecified atom stereocenters. The lowest BCUT2D eigenvalue weighted by atomic mass is 10.1. The van der Waals surface area contributed by atoms with Gasteiger partial charge in [0.05, 0.1) is 0 Å². The molecule has 0 aliphatic carbocycles. The number of hydrogen-bond donors (Lipinski definition) is 0. The molecule has 0 saturated carbocycles. The van der Waals surface area contributed by atoms with Crippen molar-refractivity contribution in [2.75, 3.05) is 31.1 Å². The van der Waals surface area contributed by atoms with Crippen molar-refractivity contribution in [1.29, 1.82) is 0 Å². The Morgan fingerprint density at radius 1 is 1.09 bits per heavy atom. The largest absolute Gasteiger partial charge is 0.489 e. The fraction of sp³-hybridized carbons (Fsp3) is 0.412. The molecule has 4 rings (SSSR count). The van der Waals surface area contributed by atoms with Gasteiger partial charge in [-0.3, -0.25) is 4.90 Å². The highest BCUT2D eigenvalue weighted by atomic mass is 19.1. The first-order valence-corrected chi connectivity index (χ1v) is 7.96. The number of nitrogens with zero attached hydrogens (tertiary/aromatic N) is 4. The van der Waals surface area contributed by atoms with E-state index in [1.54, 1.807) is 18.5 Å². The Morgan fingerprint density at radius 3 is 2.78 bits per heavy atom. The summed E-state index contributed by atoms with van der Waals surface area (Å²) in [5, 5.41) is 0. The Hall–Kier alpha value is -2.21. The van der Waals surface area contributed by atoms with Crippen molar-refractivity contribution in [2.45, 2.75) is 18.6 Å². The Balaban J connectivity index is 1.40. The van der Waals surface area contributed by atoms with Gasteiger partial charge in [0.15, 0.2) is 0 Å². The number of hydrogen-bond acceptors (Lipinski definition) is 5. The lowest BCUT2D eigenvalue weighted by Gasteiger charge is -2.37. The fourth-order valence-corrected chi connectivity index (χ4v) is 3.45. The summed E-state index contributed by atoms with van der Waals surface area (Å²) in [6.45, 7) is 3.71. The number of piperazine rings is 1. The fourth-order valence-electron chi connectivity index (χ4n) is 3.45. The van der Waals surface area contributed by atoms with E-state index in [0.717, 1.165) is 38.5 Å². The van der Waals surface area contributed by atoms with Gasteiger partial charge in [-0.05, 0) is 18.2 Å². The molecule has 23 heavy (non-hydrogen) atoms. The van der Waals surface area contributed by atoms with Crippen molar-refractivity contribution in [3.63, 3.8) is 0 Å². The van der Waals surface area contributed by atoms with E-state index in [-0.39, 0.29) is 11.9 Å². The van der Waals surface area contributed by atoms with Crippen LogP contribution < -0.4 is 9.64 Å². The maximum Gasteiger partial charge on any atom is 0.225 e. The Kier molecular flexibility index (Phi) is 3.83. The highest BCUT2D eigenvalue weighted by Crippen LogP contribution is 2.27. The molecule has 1 aromatic carbocycles. The number of aromatic nitrogens is 2. The maximum atomic E-state index is 13.3. The summed E-state index contributed by atoms with van der Waals surface area (Å²) in [5.74, 6) is 1.14. The standard InChI is InChI=1S/C17H19FN4O/c18-13-3-1-4-15(9-13)23-16-10-14-11-22(8-7-21(14)12-16)17-19-5-2-6-20-17/h1-6,9,14,16H,7-8,10-12H2/t14-,16+/m0/s1. The lowest BCUT2D eigenvalue weighted by molar-refractivity contribution is 0.192. The Labute approximate surface area is 134 Å². The third-order valence-electron chi connectivity index (χ3n) is 4.51. The Morgan fingerprint density at radius 2 is 1.96 bits per heavy atom. The number of ether oxygens (including phenoxy) is 1. The molecule has 0 spiro atoms. The first-order chi connectivity index (χ1) is 11.3. The number of fused-ring (bicyclic) bond motifs is 1. The quantitative estimate of drug-likeness (QED) is 0.866. The molecule has 120 valence electrons. The molecule has 0 amide bonds. The van der Waals surface area contributed by atoms with E-state index in [1.807, 2.05) is 12.1 Å². The molecule has 6 heteroatoms. The summed E-state index contributed by atoms with van der Waals surface area (Å²) in [4.78, 5) is 13.3. The molecule has 2 atom stereocenters. The van der Waals surface area contributed by atoms with Crippen molar-refractivity contribution in [3.05, 3.63) is 48.5 Å². The summed E-state index contributed by atoms with van der Waals surface area (Å²) < 4.78 is 19.2. The summed E-state index contributed by atoms with van der Waals surface area (Å²) in [6.07, 6.45) is 4.61. The van der Waals surface area contributed by atoms with Crippen LogP contribution in [-0.4, -0.2) is 53.2 Å². The van der Waals surface area contributed by atoms with Crippen LogP contribution in [0.4, 0.5) is 10.3 Å². The van der Waals surface area contributed by atoms with Crippen LogP contribution in [0.15, 0.2) is 42.7 Å². The van der Waals surface area contributed by atoms with E-state index in [1.165, 1.54) is 12.1 Å². The minimum Gasteiger partial charge on any atom is -0.489 e. The minimum absolute atomic E-state index is 0.110. The first-order valence-electron chi connectivity index (χ1n) is 7.96. The topological polar surface area (TPSA) is 41.5 Å². The van der Waals surface area contributed by atoms with Crippen LogP contribution in [0, 0.1) is 5.82 Å². The number of benzene rings is 1. The SMILES string of the molecule is Fc1cccc(O[C@@H]2C[C@H]3CN(c4ncccn4)CCN3C2)c1. The summed E-state index contributed by atoms with van der Waals surface area (Å²) in [5.41, 5.74) is 0. The molecular formula is C17H19FN4O. The zero-order valence-electron chi connectivity index (χ0n) is 12.8. The zero-order chi connectivity index (χ0) is 15.6. The van der Waals surface area contributed by atoms with E-state index < -0.39 is 0 Å². The second-order valence-electron chi connectivity index (χ2n) is 6.08. The third kappa shape index (κ3) is 3.12. The van der Waals surface area contributed by atoms with Gasteiger partial charge in [0.2, 0.25) is 5.95 Å². The van der Waals surface area contributed by atoms with E-state index >= 15 is 0 Å². The smallest absolute Gasteiger partial charge is 0.225 e. The zero-order valence-corrected chi connectivity index (χ0v) is 12.8. The molecule has 0 N–H and O–H groups in total. The van der Waals surface area contributed by atoms with Crippen molar-refractivity contribution < 1.29 is 9.13 Å². The van der Waals surface area contributed by atoms with Gasteiger partial charge in [-0.25, -0.2) is 14.4 Å². The van der Waals surface area contributed by atoms with Crippen LogP contribution in [0.25, 0.3) is 0 Å². The van der Waals surface area contributed by atoms with E-state index in [4.69, 9.17) is 4.74 Å². The molecule has 2 saturated heterocycles. The monoisotopic (exact) mass is 314 g/mol. The summed E-state index contributed by atoms with van der Waals surface area (Å²) in [6, 6.07) is 8.64. The van der Waals surface area contributed by atoms with E-state index in [2.05, 4.69) is 19.8 Å². The number of anilines is 1. The predicted octanol–water partition coefficient (Wildman–Crippen LogP) is 1.96. The molecule has 2 aliphatic rings. The van der Waals surface area contributed by atoms with E-state index in [0.29, 0.717) is 11.8 Å². The van der Waals surface area contributed by atoms with Crippen LogP contribution >= 0.6 is 0 Å².